The van der Waals surface area contributed by atoms with Gasteiger partial charge in [0.25, 0.3) is 0 Å². The van der Waals surface area contributed by atoms with Gasteiger partial charge in [-0.25, -0.2) is 0 Å². The first kappa shape index (κ1) is 7.05. The Morgan fingerprint density at radius 1 is 1.67 bits per heavy atom. The minimum absolute atomic E-state index is 0.468. The maximum absolute atomic E-state index is 4.75. The van der Waals surface area contributed by atoms with Gasteiger partial charge in [0.15, 0.2) is 0 Å². The maximum Gasteiger partial charge on any atom is 0.137 e. The average molecular weight is 237 g/mol. The third-order valence-corrected chi connectivity index (χ3v) is 1.91. The molecule has 50 valence electrons. The predicted molar refractivity (Wildman–Crippen MR) is 43.3 cm³/mol. The van der Waals surface area contributed by atoms with Crippen molar-refractivity contribution in [3.8, 4) is 0 Å². The van der Waals surface area contributed by atoms with Crippen molar-refractivity contribution in [3.05, 3.63) is 15.5 Å². The van der Waals surface area contributed by atoms with Crippen LogP contribution in [0.2, 0.25) is 0 Å². The van der Waals surface area contributed by atoms with Crippen molar-refractivity contribution in [2.75, 3.05) is 0 Å². The molecule has 0 amide bonds. The third kappa shape index (κ3) is 1.44. The molecule has 0 fully saturated rings. The van der Waals surface area contributed by atoms with Gasteiger partial charge in [-0.05, 0) is 22.6 Å². The molecular formula is C6H8INO. The van der Waals surface area contributed by atoms with Crippen molar-refractivity contribution in [1.82, 2.24) is 5.16 Å². The Kier molecular flexibility index (Phi) is 2.10. The fourth-order valence-electron chi connectivity index (χ4n) is 0.615. The second-order valence-electron chi connectivity index (χ2n) is 2.20. The van der Waals surface area contributed by atoms with Crippen LogP contribution >= 0.6 is 22.6 Å². The van der Waals surface area contributed by atoms with Gasteiger partial charge in [-0.15, -0.1) is 0 Å². The van der Waals surface area contributed by atoms with Crippen molar-refractivity contribution in [1.29, 1.82) is 0 Å². The van der Waals surface area contributed by atoms with Crippen LogP contribution in [0, 0.1) is 3.57 Å². The summed E-state index contributed by atoms with van der Waals surface area (Å²) in [7, 11) is 0. The van der Waals surface area contributed by atoms with Crippen LogP contribution < -0.4 is 0 Å². The standard InChI is InChI=1S/C6H8INO/c1-4(2)6-5(7)3-9-8-6/h3-4H,1-2H3. The summed E-state index contributed by atoms with van der Waals surface area (Å²) < 4.78 is 5.86. The highest BCUT2D eigenvalue weighted by atomic mass is 127. The molecule has 3 heteroatoms. The van der Waals surface area contributed by atoms with Gasteiger partial charge < -0.3 is 4.52 Å². The monoisotopic (exact) mass is 237 g/mol. The molecule has 1 rings (SSSR count). The molecule has 0 saturated heterocycles. The highest BCUT2D eigenvalue weighted by Crippen LogP contribution is 2.18. The zero-order valence-electron chi connectivity index (χ0n) is 5.39. The molecule has 0 spiro atoms. The van der Waals surface area contributed by atoms with E-state index >= 15 is 0 Å². The number of nitrogens with zero attached hydrogens (tertiary/aromatic N) is 1. The lowest BCUT2D eigenvalue weighted by Gasteiger charge is -1.95. The van der Waals surface area contributed by atoms with Crippen molar-refractivity contribution < 1.29 is 4.52 Å². The van der Waals surface area contributed by atoms with E-state index in [9.17, 15) is 0 Å². The smallest absolute Gasteiger partial charge is 0.137 e. The Balaban J connectivity index is 2.94. The van der Waals surface area contributed by atoms with E-state index in [0.29, 0.717) is 5.92 Å². The molecule has 0 radical (unpaired) electrons. The first-order valence-corrected chi connectivity index (χ1v) is 3.89. The zero-order valence-corrected chi connectivity index (χ0v) is 7.55. The van der Waals surface area contributed by atoms with E-state index in [2.05, 4.69) is 41.6 Å². The highest BCUT2D eigenvalue weighted by Gasteiger charge is 2.07. The van der Waals surface area contributed by atoms with Crippen molar-refractivity contribution in [2.45, 2.75) is 19.8 Å². The van der Waals surface area contributed by atoms with Gasteiger partial charge in [-0.1, -0.05) is 19.0 Å². The lowest BCUT2D eigenvalue weighted by molar-refractivity contribution is 0.408. The summed E-state index contributed by atoms with van der Waals surface area (Å²) in [5.41, 5.74) is 1.05. The number of hydrogen-bond acceptors (Lipinski definition) is 2. The second kappa shape index (κ2) is 2.68. The number of halogens is 1. The Morgan fingerprint density at radius 2 is 2.33 bits per heavy atom. The van der Waals surface area contributed by atoms with E-state index in [1.807, 2.05) is 0 Å². The molecule has 1 heterocycles. The normalized spacial score (nSPS) is 10.7. The van der Waals surface area contributed by atoms with Crippen LogP contribution in [0.4, 0.5) is 0 Å². The Bertz CT molecular complexity index is 195. The lowest BCUT2D eigenvalue weighted by atomic mass is 10.1. The summed E-state index contributed by atoms with van der Waals surface area (Å²) in [4.78, 5) is 0. The average Bonchev–Trinajstić information content (AvgIpc) is 2.13. The molecule has 0 bridgehead atoms. The topological polar surface area (TPSA) is 26.0 Å². The Morgan fingerprint density at radius 3 is 2.56 bits per heavy atom. The highest BCUT2D eigenvalue weighted by molar-refractivity contribution is 14.1. The molecule has 0 aliphatic rings. The predicted octanol–water partition coefficient (Wildman–Crippen LogP) is 2.40. The third-order valence-electron chi connectivity index (χ3n) is 1.10. The van der Waals surface area contributed by atoms with Crippen molar-refractivity contribution >= 4 is 22.6 Å². The summed E-state index contributed by atoms with van der Waals surface area (Å²) in [6.45, 7) is 4.19. The molecule has 1 aromatic rings. The summed E-state index contributed by atoms with van der Waals surface area (Å²) >= 11 is 2.21. The van der Waals surface area contributed by atoms with Crippen LogP contribution in [-0.2, 0) is 0 Å². The SMILES string of the molecule is CC(C)c1nocc1I. The first-order chi connectivity index (χ1) is 4.22. The number of hydrogen-bond donors (Lipinski definition) is 0. The Hall–Kier alpha value is -0.0600. The molecular weight excluding hydrogens is 229 g/mol. The molecule has 0 atom stereocenters. The van der Waals surface area contributed by atoms with E-state index < -0.39 is 0 Å². The fraction of sp³-hybridized carbons (Fsp3) is 0.500. The Labute approximate surface area is 67.8 Å². The zero-order chi connectivity index (χ0) is 6.85. The van der Waals surface area contributed by atoms with Crippen molar-refractivity contribution in [2.24, 2.45) is 0 Å². The fourth-order valence-corrected chi connectivity index (χ4v) is 1.45. The number of rotatable bonds is 1. The molecule has 0 aliphatic heterocycles. The van der Waals surface area contributed by atoms with Gasteiger partial charge in [0, 0.05) is 5.92 Å². The molecule has 0 aromatic carbocycles. The van der Waals surface area contributed by atoms with Crippen LogP contribution in [0.1, 0.15) is 25.5 Å². The van der Waals surface area contributed by atoms with Gasteiger partial charge in [-0.2, -0.15) is 0 Å². The summed E-state index contributed by atoms with van der Waals surface area (Å²) in [5.74, 6) is 0.468. The lowest BCUT2D eigenvalue weighted by Crippen LogP contribution is -1.88. The summed E-state index contributed by atoms with van der Waals surface area (Å²) in [6, 6.07) is 0. The molecule has 0 N–H and O–H groups in total. The molecule has 0 saturated carbocycles. The van der Waals surface area contributed by atoms with Crippen LogP contribution in [-0.4, -0.2) is 5.16 Å². The van der Waals surface area contributed by atoms with Gasteiger partial charge >= 0.3 is 0 Å². The quantitative estimate of drug-likeness (QED) is 0.701. The maximum atomic E-state index is 4.75. The molecule has 9 heavy (non-hydrogen) atoms. The van der Waals surface area contributed by atoms with Gasteiger partial charge in [0.2, 0.25) is 0 Å². The largest absolute Gasteiger partial charge is 0.363 e. The van der Waals surface area contributed by atoms with Crippen molar-refractivity contribution in [3.63, 3.8) is 0 Å². The minimum Gasteiger partial charge on any atom is -0.363 e. The van der Waals surface area contributed by atoms with E-state index in [0.717, 1.165) is 9.26 Å². The summed E-state index contributed by atoms with van der Waals surface area (Å²) in [6.07, 6.45) is 1.66. The molecule has 1 aromatic heterocycles. The number of aromatic nitrogens is 1. The minimum atomic E-state index is 0.468. The molecule has 0 aliphatic carbocycles. The van der Waals surface area contributed by atoms with Gasteiger partial charge in [0.1, 0.15) is 6.26 Å². The van der Waals surface area contributed by atoms with E-state index in [1.54, 1.807) is 6.26 Å². The van der Waals surface area contributed by atoms with Crippen LogP contribution in [0.15, 0.2) is 10.8 Å². The van der Waals surface area contributed by atoms with Gasteiger partial charge in [-0.3, -0.25) is 0 Å². The van der Waals surface area contributed by atoms with Crippen LogP contribution in [0.3, 0.4) is 0 Å². The van der Waals surface area contributed by atoms with E-state index in [-0.39, 0.29) is 0 Å². The summed E-state index contributed by atoms with van der Waals surface area (Å²) in [5, 5.41) is 3.83. The van der Waals surface area contributed by atoms with E-state index in [1.165, 1.54) is 0 Å². The first-order valence-electron chi connectivity index (χ1n) is 2.81. The molecule has 0 unspecified atom stereocenters. The molecule has 2 nitrogen and oxygen atoms in total. The van der Waals surface area contributed by atoms with Gasteiger partial charge in [0.05, 0.1) is 9.26 Å². The van der Waals surface area contributed by atoms with E-state index in [4.69, 9.17) is 4.52 Å². The van der Waals surface area contributed by atoms with Crippen LogP contribution in [0.25, 0.3) is 0 Å². The van der Waals surface area contributed by atoms with Crippen LogP contribution in [0.5, 0.6) is 0 Å². The second-order valence-corrected chi connectivity index (χ2v) is 3.36.